The van der Waals surface area contributed by atoms with E-state index in [0.717, 1.165) is 15.6 Å². The van der Waals surface area contributed by atoms with Gasteiger partial charge in [-0.1, -0.05) is 91.0 Å². The van der Waals surface area contributed by atoms with Gasteiger partial charge in [0, 0.05) is 0 Å². The van der Waals surface area contributed by atoms with E-state index in [9.17, 15) is 0 Å². The van der Waals surface area contributed by atoms with E-state index in [1.807, 2.05) is 18.2 Å². The van der Waals surface area contributed by atoms with Crippen LogP contribution in [0.15, 0.2) is 91.0 Å². The van der Waals surface area contributed by atoms with Crippen LogP contribution in [0.3, 0.4) is 0 Å². The van der Waals surface area contributed by atoms with Crippen LogP contribution in [0.25, 0.3) is 0 Å². The highest BCUT2D eigenvalue weighted by Gasteiger charge is 2.53. The minimum absolute atomic E-state index is 1.10. The molecule has 0 fully saturated rings. The van der Waals surface area contributed by atoms with Gasteiger partial charge in [0.15, 0.2) is 18.1 Å². The Kier molecular flexibility index (Phi) is 9.23. The molecule has 3 aromatic carbocycles. The number of benzene rings is 3. The first-order valence-corrected chi connectivity index (χ1v) is 24.5. The molecule has 0 heterocycles. The van der Waals surface area contributed by atoms with Crippen LogP contribution in [0.5, 0.6) is 0 Å². The first kappa shape index (κ1) is 27.2. The quantitative estimate of drug-likeness (QED) is 0.344. The van der Waals surface area contributed by atoms with Crippen LogP contribution in [0.2, 0.25) is 45.8 Å². The molecule has 0 spiro atoms. The third kappa shape index (κ3) is 6.83. The fourth-order valence-corrected chi connectivity index (χ4v) is 24.6. The summed E-state index contributed by atoms with van der Waals surface area (Å²) in [5, 5.41) is 3.32. The minimum Gasteiger partial charge on any atom is -0.440 e. The van der Waals surface area contributed by atoms with E-state index in [4.69, 9.17) is 16.5 Å². The van der Waals surface area contributed by atoms with Crippen LogP contribution < -0.4 is 15.6 Å². The van der Waals surface area contributed by atoms with E-state index in [1.54, 1.807) is 0 Å². The first-order chi connectivity index (χ1) is 16.1. The van der Waals surface area contributed by atoms with Crippen molar-refractivity contribution in [3.8, 4) is 0 Å². The van der Waals surface area contributed by atoms with Gasteiger partial charge < -0.3 is 16.5 Å². The molecule has 1 atom stereocenters. The van der Waals surface area contributed by atoms with Gasteiger partial charge in [-0.3, -0.25) is 0 Å². The van der Waals surface area contributed by atoms with Crippen LogP contribution in [0.1, 0.15) is 0 Å². The van der Waals surface area contributed by atoms with Gasteiger partial charge in [-0.2, -0.15) is 0 Å². The summed E-state index contributed by atoms with van der Waals surface area (Å²) in [6.07, 6.45) is 0. The third-order valence-electron chi connectivity index (χ3n) is 5.31. The molecule has 0 aliphatic carbocycles. The molecule has 0 aromatic heterocycles. The molecule has 4 nitrogen and oxygen atoms in total. The summed E-state index contributed by atoms with van der Waals surface area (Å²) in [6.45, 7) is 15.3. The van der Waals surface area contributed by atoms with Gasteiger partial charge >= 0.3 is 25.7 Å². The average molecular weight is 543 g/mol. The number of hydrogen-bond donors (Lipinski definition) is 0. The van der Waals surface area contributed by atoms with E-state index < -0.39 is 43.8 Å². The van der Waals surface area contributed by atoms with Gasteiger partial charge in [0.25, 0.3) is 0 Å². The topological polar surface area (TPSA) is 36.9 Å². The molecule has 0 amide bonds. The van der Waals surface area contributed by atoms with Crippen molar-refractivity contribution in [2.45, 2.75) is 45.8 Å². The van der Waals surface area contributed by atoms with Crippen molar-refractivity contribution in [3.05, 3.63) is 91.0 Å². The average Bonchev–Trinajstić information content (AvgIpc) is 2.79. The standard InChI is InChI=1S/C25H38O4Si5/c1-30(2)26-32(5,6)28-33(7,23-17-11-8-12-18-23)29-34(27-31(3)4,24-19-13-9-14-20-24)25-21-15-10-16-22-25/h8-22,30-31H,1-7H3. The van der Waals surface area contributed by atoms with Crippen molar-refractivity contribution in [3.63, 3.8) is 0 Å². The van der Waals surface area contributed by atoms with E-state index in [2.05, 4.69) is 119 Å². The molecule has 0 radical (unpaired) electrons. The maximum absolute atomic E-state index is 7.45. The highest BCUT2D eigenvalue weighted by molar-refractivity contribution is 7.03. The monoisotopic (exact) mass is 542 g/mol. The molecule has 0 N–H and O–H groups in total. The number of rotatable bonds is 11. The molecule has 0 aliphatic rings. The van der Waals surface area contributed by atoms with Crippen molar-refractivity contribution in [1.82, 2.24) is 0 Å². The van der Waals surface area contributed by atoms with Gasteiger partial charge in [0.05, 0.1) is 0 Å². The second-order valence-corrected chi connectivity index (χ2v) is 25.0. The summed E-state index contributed by atoms with van der Waals surface area (Å²) >= 11 is 0. The van der Waals surface area contributed by atoms with Crippen molar-refractivity contribution in [2.75, 3.05) is 0 Å². The Morgan fingerprint density at radius 1 is 0.500 bits per heavy atom. The van der Waals surface area contributed by atoms with E-state index in [0.29, 0.717) is 0 Å². The predicted molar refractivity (Wildman–Crippen MR) is 155 cm³/mol. The van der Waals surface area contributed by atoms with Gasteiger partial charge in [-0.25, -0.2) is 0 Å². The van der Waals surface area contributed by atoms with Crippen LogP contribution >= 0.6 is 0 Å². The lowest BCUT2D eigenvalue weighted by molar-refractivity contribution is 0.318. The van der Waals surface area contributed by atoms with E-state index in [-0.39, 0.29) is 0 Å². The molecular weight excluding hydrogens is 505 g/mol. The van der Waals surface area contributed by atoms with Crippen LogP contribution in [0, 0.1) is 0 Å². The molecule has 3 aromatic rings. The highest BCUT2D eigenvalue weighted by Crippen LogP contribution is 2.24. The van der Waals surface area contributed by atoms with Gasteiger partial charge in [0.1, 0.15) is 0 Å². The fraction of sp³-hybridized carbons (Fsp3) is 0.280. The van der Waals surface area contributed by atoms with Crippen LogP contribution in [-0.4, -0.2) is 43.8 Å². The van der Waals surface area contributed by atoms with Crippen LogP contribution in [-0.2, 0) is 16.5 Å². The Balaban J connectivity index is 2.22. The maximum Gasteiger partial charge on any atom is 0.388 e. The third-order valence-corrected chi connectivity index (χ3v) is 22.5. The summed E-state index contributed by atoms with van der Waals surface area (Å²) in [6, 6.07) is 31.4. The molecule has 3 rings (SSSR count). The Labute approximate surface area is 212 Å². The second kappa shape index (κ2) is 11.5. The molecule has 182 valence electrons. The molecule has 0 aliphatic heterocycles. The van der Waals surface area contributed by atoms with E-state index in [1.165, 1.54) is 0 Å². The number of hydrogen-bond acceptors (Lipinski definition) is 4. The summed E-state index contributed by atoms with van der Waals surface area (Å²) < 4.78 is 28.0. The predicted octanol–water partition coefficient (Wildman–Crippen LogP) is 3.96. The maximum atomic E-state index is 7.45. The summed E-state index contributed by atoms with van der Waals surface area (Å²) in [5.41, 5.74) is 0. The Morgan fingerprint density at radius 2 is 0.882 bits per heavy atom. The lowest BCUT2D eigenvalue weighted by Gasteiger charge is -2.43. The lowest BCUT2D eigenvalue weighted by atomic mass is 10.4. The van der Waals surface area contributed by atoms with Crippen LogP contribution in [0.4, 0.5) is 0 Å². The lowest BCUT2D eigenvalue weighted by Crippen LogP contribution is -2.73. The van der Waals surface area contributed by atoms with Gasteiger partial charge in [-0.05, 0) is 61.4 Å². The SMILES string of the molecule is C[SiH](C)O[Si](C)(C)O[Si](C)(O[Si](O[SiH](C)C)(c1ccccc1)c1ccccc1)c1ccccc1. The minimum atomic E-state index is -3.09. The molecule has 0 saturated heterocycles. The Morgan fingerprint density at radius 3 is 1.26 bits per heavy atom. The molecule has 0 bridgehead atoms. The fourth-order valence-electron chi connectivity index (χ4n) is 4.31. The molecule has 9 heteroatoms. The van der Waals surface area contributed by atoms with Crippen molar-refractivity contribution < 1.29 is 16.5 Å². The van der Waals surface area contributed by atoms with Crippen molar-refractivity contribution in [1.29, 1.82) is 0 Å². The summed E-state index contributed by atoms with van der Waals surface area (Å²) in [4.78, 5) is 0. The normalized spacial score (nSPS) is 14.4. The first-order valence-electron chi connectivity index (χ1n) is 12.0. The van der Waals surface area contributed by atoms with Gasteiger partial charge in [0.2, 0.25) is 0 Å². The van der Waals surface area contributed by atoms with Gasteiger partial charge in [-0.15, -0.1) is 0 Å². The summed E-state index contributed by atoms with van der Waals surface area (Å²) in [7, 11) is -11.3. The Hall–Kier alpha value is -1.42. The zero-order valence-electron chi connectivity index (χ0n) is 21.4. The molecule has 34 heavy (non-hydrogen) atoms. The van der Waals surface area contributed by atoms with E-state index >= 15 is 0 Å². The summed E-state index contributed by atoms with van der Waals surface area (Å²) in [5.74, 6) is 0. The smallest absolute Gasteiger partial charge is 0.388 e. The second-order valence-electron chi connectivity index (χ2n) is 9.60. The highest BCUT2D eigenvalue weighted by atomic mass is 28.5. The largest absolute Gasteiger partial charge is 0.440 e. The molecule has 0 saturated carbocycles. The van der Waals surface area contributed by atoms with Crippen molar-refractivity contribution in [2.24, 2.45) is 0 Å². The molecule has 1 unspecified atom stereocenters. The zero-order chi connectivity index (χ0) is 24.8. The molecular formula is C25H38O4Si5. The Bertz CT molecular complexity index is 980. The van der Waals surface area contributed by atoms with Crippen molar-refractivity contribution >= 4 is 59.3 Å². The zero-order valence-corrected chi connectivity index (χ0v) is 26.8.